The van der Waals surface area contributed by atoms with Gasteiger partial charge in [0, 0.05) is 18.7 Å². The molecule has 5 heteroatoms. The molecule has 0 aromatic heterocycles. The number of carbonyl (C=O) groups is 2. The van der Waals surface area contributed by atoms with Gasteiger partial charge in [-0.05, 0) is 18.1 Å². The topological polar surface area (TPSA) is 52.7 Å². The minimum atomic E-state index is -0.290. The van der Waals surface area contributed by atoms with Crippen molar-refractivity contribution >= 4 is 17.5 Å². The van der Waals surface area contributed by atoms with Gasteiger partial charge in [-0.3, -0.25) is 9.59 Å². The minimum absolute atomic E-state index is 0.0416. The maximum Gasteiger partial charge on any atom is 0.245 e. The number of anilines is 1. The fourth-order valence-corrected chi connectivity index (χ4v) is 3.61. The second kappa shape index (κ2) is 3.50. The van der Waals surface area contributed by atoms with Gasteiger partial charge in [0.25, 0.3) is 0 Å². The summed E-state index contributed by atoms with van der Waals surface area (Å²) in [5.41, 5.74) is 2.32. The fraction of sp³-hybridized carbons (Fsp3) is 0.429. The summed E-state index contributed by atoms with van der Waals surface area (Å²) < 4.78 is 0. The molecule has 1 N–H and O–H groups in total. The van der Waals surface area contributed by atoms with Gasteiger partial charge in [0.2, 0.25) is 11.8 Å². The van der Waals surface area contributed by atoms with Gasteiger partial charge >= 0.3 is 0 Å². The quantitative estimate of drug-likeness (QED) is 0.740. The van der Waals surface area contributed by atoms with Gasteiger partial charge in [-0.25, -0.2) is 0 Å². The maximum atomic E-state index is 12.2. The summed E-state index contributed by atoms with van der Waals surface area (Å²) in [7, 11) is 1.70. The van der Waals surface area contributed by atoms with E-state index in [1.807, 2.05) is 18.2 Å². The van der Waals surface area contributed by atoms with E-state index < -0.39 is 0 Å². The molecular formula is C14H15N3O2. The molecule has 3 aliphatic rings. The molecule has 4 rings (SSSR count). The molecule has 1 aromatic carbocycles. The molecule has 0 bridgehead atoms. The molecular weight excluding hydrogens is 242 g/mol. The van der Waals surface area contributed by atoms with Crippen LogP contribution in [0.3, 0.4) is 0 Å². The summed E-state index contributed by atoms with van der Waals surface area (Å²) >= 11 is 0. The second-order valence-electron chi connectivity index (χ2n) is 5.53. The second-order valence-corrected chi connectivity index (χ2v) is 5.53. The molecule has 0 radical (unpaired) electrons. The lowest BCUT2D eigenvalue weighted by atomic mass is 9.96. The van der Waals surface area contributed by atoms with Gasteiger partial charge in [-0.1, -0.05) is 18.2 Å². The molecule has 2 saturated heterocycles. The Hall–Kier alpha value is -2.04. The molecule has 5 nitrogen and oxygen atoms in total. The van der Waals surface area contributed by atoms with Gasteiger partial charge in [0.15, 0.2) is 0 Å². The third-order valence-corrected chi connectivity index (χ3v) is 4.48. The molecule has 3 aliphatic heterocycles. The van der Waals surface area contributed by atoms with E-state index in [0.717, 1.165) is 12.1 Å². The highest BCUT2D eigenvalue weighted by Crippen LogP contribution is 2.46. The number of nitrogens with one attached hydrogen (secondary N) is 1. The van der Waals surface area contributed by atoms with Gasteiger partial charge in [-0.15, -0.1) is 0 Å². The van der Waals surface area contributed by atoms with Crippen molar-refractivity contribution < 1.29 is 9.59 Å². The summed E-state index contributed by atoms with van der Waals surface area (Å²) in [5, 5.41) is 3.40. The van der Waals surface area contributed by atoms with Gasteiger partial charge in [0.1, 0.15) is 12.2 Å². The first kappa shape index (κ1) is 10.8. The number of likely N-dealkylation sites (N-methyl/N-ethyl adjacent to an activating group) is 1. The molecule has 19 heavy (non-hydrogen) atoms. The van der Waals surface area contributed by atoms with Crippen molar-refractivity contribution in [1.29, 1.82) is 0 Å². The number of piperazine rings is 1. The number of carbonyl (C=O) groups excluding carboxylic acids is 2. The van der Waals surface area contributed by atoms with Gasteiger partial charge in [0.05, 0.1) is 6.54 Å². The summed E-state index contributed by atoms with van der Waals surface area (Å²) in [6, 6.07) is 7.83. The first-order chi connectivity index (χ1) is 9.16. The third kappa shape index (κ3) is 1.30. The first-order valence-electron chi connectivity index (χ1n) is 6.58. The summed E-state index contributed by atoms with van der Waals surface area (Å²) in [4.78, 5) is 27.7. The average molecular weight is 257 g/mol. The van der Waals surface area contributed by atoms with Crippen LogP contribution >= 0.6 is 0 Å². The number of fused-ring (bicyclic) bond motifs is 5. The van der Waals surface area contributed by atoms with Crippen LogP contribution in [0.4, 0.5) is 5.69 Å². The zero-order valence-corrected chi connectivity index (χ0v) is 10.7. The molecule has 0 aliphatic carbocycles. The molecule has 3 unspecified atom stereocenters. The lowest BCUT2D eigenvalue weighted by Crippen LogP contribution is -2.59. The summed E-state index contributed by atoms with van der Waals surface area (Å²) in [6.07, 6.45) is 0.677. The van der Waals surface area contributed by atoms with E-state index in [1.54, 1.807) is 11.9 Å². The molecule has 0 saturated carbocycles. The van der Waals surface area contributed by atoms with E-state index in [2.05, 4.69) is 11.4 Å². The standard InChI is InChI=1S/C14H15N3O2/c1-16-7-12(18)17-11(14(16)19)6-9-8-4-2-3-5-10(8)15-13(9)17/h2-5,9,11,13,15H,6-7H2,1H3. The van der Waals surface area contributed by atoms with Crippen LogP contribution in [0.15, 0.2) is 24.3 Å². The number of rotatable bonds is 0. The van der Waals surface area contributed by atoms with Crippen LogP contribution < -0.4 is 5.32 Å². The van der Waals surface area contributed by atoms with Crippen molar-refractivity contribution in [1.82, 2.24) is 9.80 Å². The zero-order valence-electron chi connectivity index (χ0n) is 10.7. The Morgan fingerprint density at radius 3 is 2.89 bits per heavy atom. The molecule has 98 valence electrons. The van der Waals surface area contributed by atoms with Crippen molar-refractivity contribution in [2.75, 3.05) is 18.9 Å². The number of hydrogen-bond donors (Lipinski definition) is 1. The molecule has 2 fully saturated rings. The summed E-state index contributed by atoms with van der Waals surface area (Å²) in [5.74, 6) is 0.341. The summed E-state index contributed by atoms with van der Waals surface area (Å²) in [6.45, 7) is 0.191. The highest BCUT2D eigenvalue weighted by Gasteiger charge is 2.53. The Kier molecular flexibility index (Phi) is 2.00. The van der Waals surface area contributed by atoms with Crippen LogP contribution in [-0.4, -0.2) is 47.4 Å². The maximum absolute atomic E-state index is 12.2. The Bertz CT molecular complexity index is 586. The number of hydrogen-bond acceptors (Lipinski definition) is 3. The monoisotopic (exact) mass is 257 g/mol. The molecule has 0 spiro atoms. The first-order valence-corrected chi connectivity index (χ1v) is 6.58. The van der Waals surface area contributed by atoms with E-state index in [1.165, 1.54) is 10.5 Å². The van der Waals surface area contributed by atoms with E-state index in [4.69, 9.17) is 0 Å². The molecule has 3 heterocycles. The van der Waals surface area contributed by atoms with Crippen LogP contribution in [0.2, 0.25) is 0 Å². The molecule has 1 aromatic rings. The predicted octanol–water partition coefficient (Wildman–Crippen LogP) is 0.595. The van der Waals surface area contributed by atoms with Crippen molar-refractivity contribution in [3.05, 3.63) is 29.8 Å². The highest BCUT2D eigenvalue weighted by atomic mass is 16.2. The van der Waals surface area contributed by atoms with Crippen LogP contribution in [0.25, 0.3) is 0 Å². The number of amides is 2. The third-order valence-electron chi connectivity index (χ3n) is 4.48. The van der Waals surface area contributed by atoms with Crippen LogP contribution in [0.1, 0.15) is 17.9 Å². The predicted molar refractivity (Wildman–Crippen MR) is 69.5 cm³/mol. The van der Waals surface area contributed by atoms with Crippen LogP contribution in [-0.2, 0) is 9.59 Å². The number of benzene rings is 1. The van der Waals surface area contributed by atoms with E-state index in [-0.39, 0.29) is 36.5 Å². The van der Waals surface area contributed by atoms with Crippen LogP contribution in [0.5, 0.6) is 0 Å². The number of nitrogens with zero attached hydrogens (tertiary/aromatic N) is 2. The zero-order chi connectivity index (χ0) is 13.1. The molecule has 2 amide bonds. The number of para-hydroxylation sites is 1. The SMILES string of the molecule is CN1CC(=O)N2C(CC3c4ccccc4NC32)C1=O. The van der Waals surface area contributed by atoms with E-state index in [0.29, 0.717) is 0 Å². The van der Waals surface area contributed by atoms with Gasteiger partial charge in [-0.2, -0.15) is 0 Å². The Labute approximate surface area is 111 Å². The Morgan fingerprint density at radius 1 is 1.26 bits per heavy atom. The fourth-order valence-electron chi connectivity index (χ4n) is 3.61. The lowest BCUT2D eigenvalue weighted by Gasteiger charge is -2.37. The van der Waals surface area contributed by atoms with Crippen molar-refractivity contribution in [3.8, 4) is 0 Å². The normalized spacial score (nSPS) is 31.9. The van der Waals surface area contributed by atoms with Crippen molar-refractivity contribution in [2.24, 2.45) is 0 Å². The minimum Gasteiger partial charge on any atom is -0.364 e. The van der Waals surface area contributed by atoms with E-state index in [9.17, 15) is 9.59 Å². The Morgan fingerprint density at radius 2 is 2.05 bits per heavy atom. The van der Waals surface area contributed by atoms with Crippen LogP contribution in [0, 0.1) is 0 Å². The smallest absolute Gasteiger partial charge is 0.245 e. The Balaban J connectivity index is 1.75. The highest BCUT2D eigenvalue weighted by molar-refractivity contribution is 5.96. The molecule has 3 atom stereocenters. The van der Waals surface area contributed by atoms with E-state index >= 15 is 0 Å². The van der Waals surface area contributed by atoms with Crippen molar-refractivity contribution in [2.45, 2.75) is 24.5 Å². The average Bonchev–Trinajstić information content (AvgIpc) is 2.91. The van der Waals surface area contributed by atoms with Gasteiger partial charge < -0.3 is 15.1 Å². The lowest BCUT2D eigenvalue weighted by molar-refractivity contribution is -0.153. The van der Waals surface area contributed by atoms with Crippen molar-refractivity contribution in [3.63, 3.8) is 0 Å². The largest absolute Gasteiger partial charge is 0.364 e.